The van der Waals surface area contributed by atoms with E-state index in [0.717, 1.165) is 12.8 Å². The Kier molecular flexibility index (Phi) is 7.48. The van der Waals surface area contributed by atoms with Crippen molar-refractivity contribution in [2.75, 3.05) is 0 Å². The van der Waals surface area contributed by atoms with Gasteiger partial charge >= 0.3 is 5.97 Å². The standard InChI is InChI=1S/C11H22O3/c1-4-5-6-7-8-9(2)14-10(3)11(12)13/h9-10H,4-8H2,1-3H3,(H,12,13). The molecular formula is C11H22O3. The Morgan fingerprint density at radius 2 is 1.93 bits per heavy atom. The lowest BCUT2D eigenvalue weighted by atomic mass is 10.1. The van der Waals surface area contributed by atoms with Crippen LogP contribution in [-0.2, 0) is 9.53 Å². The molecule has 0 radical (unpaired) electrons. The van der Waals surface area contributed by atoms with Crippen LogP contribution in [0, 0.1) is 0 Å². The first-order chi connectivity index (χ1) is 6.57. The van der Waals surface area contributed by atoms with Gasteiger partial charge in [0.05, 0.1) is 6.10 Å². The van der Waals surface area contributed by atoms with E-state index in [1.54, 1.807) is 6.92 Å². The van der Waals surface area contributed by atoms with Crippen LogP contribution in [0.1, 0.15) is 52.9 Å². The summed E-state index contributed by atoms with van der Waals surface area (Å²) in [5, 5.41) is 8.62. The maximum absolute atomic E-state index is 10.5. The van der Waals surface area contributed by atoms with Crippen molar-refractivity contribution in [1.82, 2.24) is 0 Å². The number of rotatable bonds is 8. The van der Waals surface area contributed by atoms with Crippen LogP contribution in [0.3, 0.4) is 0 Å². The molecule has 3 heteroatoms. The Morgan fingerprint density at radius 3 is 2.43 bits per heavy atom. The summed E-state index contributed by atoms with van der Waals surface area (Å²) in [5.41, 5.74) is 0. The molecule has 0 aromatic rings. The Bertz CT molecular complexity index is 157. The first-order valence-electron chi connectivity index (χ1n) is 5.46. The summed E-state index contributed by atoms with van der Waals surface area (Å²) in [5.74, 6) is -0.884. The van der Waals surface area contributed by atoms with E-state index < -0.39 is 12.1 Å². The van der Waals surface area contributed by atoms with E-state index in [0.29, 0.717) is 0 Å². The zero-order valence-corrected chi connectivity index (χ0v) is 9.45. The van der Waals surface area contributed by atoms with Crippen LogP contribution >= 0.6 is 0 Å². The van der Waals surface area contributed by atoms with Crippen LogP contribution in [-0.4, -0.2) is 23.3 Å². The fraction of sp³-hybridized carbons (Fsp3) is 0.909. The summed E-state index contributed by atoms with van der Waals surface area (Å²) >= 11 is 0. The Labute approximate surface area is 86.5 Å². The van der Waals surface area contributed by atoms with E-state index in [1.165, 1.54) is 19.3 Å². The summed E-state index contributed by atoms with van der Waals surface area (Å²) in [6, 6.07) is 0. The van der Waals surface area contributed by atoms with Crippen LogP contribution in [0.25, 0.3) is 0 Å². The molecule has 0 fully saturated rings. The fourth-order valence-electron chi connectivity index (χ4n) is 1.33. The Balaban J connectivity index is 3.45. The second-order valence-corrected chi connectivity index (χ2v) is 3.78. The average molecular weight is 202 g/mol. The van der Waals surface area contributed by atoms with E-state index in [-0.39, 0.29) is 6.10 Å². The summed E-state index contributed by atoms with van der Waals surface area (Å²) in [7, 11) is 0. The van der Waals surface area contributed by atoms with E-state index in [9.17, 15) is 4.79 Å². The number of hydrogen-bond donors (Lipinski definition) is 1. The third-order valence-electron chi connectivity index (χ3n) is 2.25. The predicted molar refractivity (Wildman–Crippen MR) is 56.4 cm³/mol. The lowest BCUT2D eigenvalue weighted by molar-refractivity contribution is -0.152. The number of aliphatic carboxylic acids is 1. The number of unbranched alkanes of at least 4 members (excludes halogenated alkanes) is 3. The fourth-order valence-corrected chi connectivity index (χ4v) is 1.33. The van der Waals surface area contributed by atoms with Crippen molar-refractivity contribution in [1.29, 1.82) is 0 Å². The third kappa shape index (κ3) is 6.89. The molecule has 14 heavy (non-hydrogen) atoms. The minimum atomic E-state index is -0.884. The summed E-state index contributed by atoms with van der Waals surface area (Å²) in [6.07, 6.45) is 5.14. The van der Waals surface area contributed by atoms with Gasteiger partial charge in [0.1, 0.15) is 0 Å². The van der Waals surface area contributed by atoms with Gasteiger partial charge in [-0.1, -0.05) is 32.6 Å². The molecule has 0 rings (SSSR count). The molecule has 84 valence electrons. The monoisotopic (exact) mass is 202 g/mol. The zero-order chi connectivity index (χ0) is 11.0. The van der Waals surface area contributed by atoms with E-state index in [2.05, 4.69) is 6.92 Å². The molecule has 3 nitrogen and oxygen atoms in total. The van der Waals surface area contributed by atoms with Crippen molar-refractivity contribution in [3.05, 3.63) is 0 Å². The third-order valence-corrected chi connectivity index (χ3v) is 2.25. The molecule has 0 aromatic carbocycles. The molecule has 1 N–H and O–H groups in total. The Morgan fingerprint density at radius 1 is 1.29 bits per heavy atom. The first-order valence-corrected chi connectivity index (χ1v) is 5.46. The number of ether oxygens (including phenoxy) is 1. The second kappa shape index (κ2) is 7.80. The lowest BCUT2D eigenvalue weighted by Gasteiger charge is -2.15. The molecule has 0 saturated heterocycles. The van der Waals surface area contributed by atoms with Crippen molar-refractivity contribution in [2.45, 2.75) is 65.1 Å². The molecule has 0 aromatic heterocycles. The summed E-state index contributed by atoms with van der Waals surface area (Å²) < 4.78 is 5.29. The molecule has 0 bridgehead atoms. The molecule has 0 aliphatic rings. The number of hydrogen-bond acceptors (Lipinski definition) is 2. The molecule has 0 aliphatic heterocycles. The van der Waals surface area contributed by atoms with E-state index in [4.69, 9.17) is 9.84 Å². The summed E-state index contributed by atoms with van der Waals surface area (Å²) in [4.78, 5) is 10.5. The SMILES string of the molecule is CCCCCCC(C)OC(C)C(=O)O. The first kappa shape index (κ1) is 13.4. The Hall–Kier alpha value is -0.570. The van der Waals surface area contributed by atoms with Gasteiger partial charge < -0.3 is 9.84 Å². The van der Waals surface area contributed by atoms with Gasteiger partial charge in [-0.2, -0.15) is 0 Å². The molecule has 0 spiro atoms. The van der Waals surface area contributed by atoms with Gasteiger partial charge in [-0.25, -0.2) is 4.79 Å². The minimum absolute atomic E-state index is 0.0537. The molecule has 2 atom stereocenters. The highest BCUT2D eigenvalue weighted by atomic mass is 16.5. The molecule has 0 aliphatic carbocycles. The van der Waals surface area contributed by atoms with Crippen LogP contribution in [0.4, 0.5) is 0 Å². The minimum Gasteiger partial charge on any atom is -0.479 e. The molecule has 0 heterocycles. The molecular weight excluding hydrogens is 180 g/mol. The maximum atomic E-state index is 10.5. The van der Waals surface area contributed by atoms with Gasteiger partial charge in [0.15, 0.2) is 6.10 Å². The van der Waals surface area contributed by atoms with Gasteiger partial charge in [0.25, 0.3) is 0 Å². The molecule has 0 saturated carbocycles. The number of carbonyl (C=O) groups is 1. The average Bonchev–Trinajstić information content (AvgIpc) is 2.12. The maximum Gasteiger partial charge on any atom is 0.332 e. The highest BCUT2D eigenvalue weighted by Crippen LogP contribution is 2.09. The smallest absolute Gasteiger partial charge is 0.332 e. The molecule has 0 amide bonds. The van der Waals surface area contributed by atoms with Gasteiger partial charge in [-0.15, -0.1) is 0 Å². The van der Waals surface area contributed by atoms with Gasteiger partial charge in [-0.3, -0.25) is 0 Å². The lowest BCUT2D eigenvalue weighted by Crippen LogP contribution is -2.24. The number of carboxylic acid groups (broad SMARTS) is 1. The van der Waals surface area contributed by atoms with Gasteiger partial charge in [0, 0.05) is 0 Å². The van der Waals surface area contributed by atoms with Crippen LogP contribution in [0.2, 0.25) is 0 Å². The van der Waals surface area contributed by atoms with Crippen LogP contribution < -0.4 is 0 Å². The van der Waals surface area contributed by atoms with Crippen molar-refractivity contribution in [3.63, 3.8) is 0 Å². The van der Waals surface area contributed by atoms with Crippen molar-refractivity contribution < 1.29 is 14.6 Å². The topological polar surface area (TPSA) is 46.5 Å². The van der Waals surface area contributed by atoms with Gasteiger partial charge in [0.2, 0.25) is 0 Å². The van der Waals surface area contributed by atoms with E-state index >= 15 is 0 Å². The number of carboxylic acids is 1. The second-order valence-electron chi connectivity index (χ2n) is 3.78. The van der Waals surface area contributed by atoms with Crippen LogP contribution in [0.15, 0.2) is 0 Å². The summed E-state index contributed by atoms with van der Waals surface area (Å²) in [6.45, 7) is 5.68. The van der Waals surface area contributed by atoms with Gasteiger partial charge in [-0.05, 0) is 20.3 Å². The largest absolute Gasteiger partial charge is 0.479 e. The van der Waals surface area contributed by atoms with Crippen LogP contribution in [0.5, 0.6) is 0 Å². The van der Waals surface area contributed by atoms with Crippen molar-refractivity contribution in [3.8, 4) is 0 Å². The quantitative estimate of drug-likeness (QED) is 0.616. The zero-order valence-electron chi connectivity index (χ0n) is 9.45. The normalized spacial score (nSPS) is 15.1. The van der Waals surface area contributed by atoms with Crippen molar-refractivity contribution >= 4 is 5.97 Å². The van der Waals surface area contributed by atoms with Crippen molar-refractivity contribution in [2.24, 2.45) is 0 Å². The molecule has 2 unspecified atom stereocenters. The van der Waals surface area contributed by atoms with E-state index in [1.807, 2.05) is 6.92 Å². The highest BCUT2D eigenvalue weighted by molar-refractivity contribution is 5.71. The predicted octanol–water partition coefficient (Wildman–Crippen LogP) is 2.84. The highest BCUT2D eigenvalue weighted by Gasteiger charge is 2.14.